The Balaban J connectivity index is 1.56. The van der Waals surface area contributed by atoms with Gasteiger partial charge < -0.3 is 30.0 Å². The number of fused-ring (bicyclic) bond motifs is 2. The Morgan fingerprint density at radius 3 is 2.60 bits per heavy atom. The number of carbonyl (C=O) groups is 1. The van der Waals surface area contributed by atoms with E-state index in [9.17, 15) is 9.90 Å². The molecule has 2 atom stereocenters. The number of morpholine rings is 1. The highest BCUT2D eigenvalue weighted by atomic mass is 35.5. The van der Waals surface area contributed by atoms with E-state index in [1.165, 1.54) is 0 Å². The molecule has 1 amide bonds. The van der Waals surface area contributed by atoms with Gasteiger partial charge in [0, 0.05) is 55.6 Å². The number of nitrogens with two attached hydrogens (primary N) is 1. The van der Waals surface area contributed by atoms with E-state index in [2.05, 4.69) is 0 Å². The molecule has 40 heavy (non-hydrogen) atoms. The lowest BCUT2D eigenvalue weighted by Crippen LogP contribution is -2.68. The first kappa shape index (κ1) is 28.7. The number of benzene rings is 3. The largest absolute Gasteiger partial charge is 0.385 e. The minimum Gasteiger partial charge on any atom is -0.385 e. The van der Waals surface area contributed by atoms with Gasteiger partial charge in [-0.2, -0.15) is 0 Å². The fourth-order valence-corrected chi connectivity index (χ4v) is 6.47. The lowest BCUT2D eigenvalue weighted by molar-refractivity contribution is -0.251. The van der Waals surface area contributed by atoms with E-state index >= 15 is 0 Å². The van der Waals surface area contributed by atoms with Crippen LogP contribution in [0.2, 0.25) is 5.02 Å². The molecule has 3 aromatic carbocycles. The first-order chi connectivity index (χ1) is 19.4. The van der Waals surface area contributed by atoms with Gasteiger partial charge in [-0.25, -0.2) is 0 Å². The fourth-order valence-electron chi connectivity index (χ4n) is 6.20. The predicted molar refractivity (Wildman–Crippen MR) is 155 cm³/mol. The van der Waals surface area contributed by atoms with Crippen LogP contribution in [0.15, 0.2) is 60.7 Å². The second-order valence-corrected chi connectivity index (χ2v) is 11.0. The normalized spacial score (nSPS) is 21.8. The number of aliphatic hydroxyl groups is 1. The smallest absolute Gasteiger partial charge is 0.254 e. The minimum absolute atomic E-state index is 0.0946. The van der Waals surface area contributed by atoms with E-state index in [4.69, 9.17) is 31.5 Å². The lowest BCUT2D eigenvalue weighted by Gasteiger charge is -2.60. The number of rotatable bonds is 10. The van der Waals surface area contributed by atoms with Crippen LogP contribution in [0, 0.1) is 0 Å². The van der Waals surface area contributed by atoms with Crippen molar-refractivity contribution in [2.24, 2.45) is 5.73 Å². The maximum atomic E-state index is 13.6. The molecule has 0 unspecified atom stereocenters. The van der Waals surface area contributed by atoms with Gasteiger partial charge in [-0.05, 0) is 65.8 Å². The number of hydrogen-bond donors (Lipinski definition) is 2. The molecule has 8 heteroatoms. The summed E-state index contributed by atoms with van der Waals surface area (Å²) in [5.41, 5.74) is 9.23. The molecule has 3 N–H and O–H groups in total. The van der Waals surface area contributed by atoms with Gasteiger partial charge in [0.1, 0.15) is 11.2 Å². The Bertz CT molecular complexity index is 1360. The summed E-state index contributed by atoms with van der Waals surface area (Å²) in [7, 11) is 3.34. The summed E-state index contributed by atoms with van der Waals surface area (Å²) in [4.78, 5) is 15.4. The molecule has 1 heterocycles. The van der Waals surface area contributed by atoms with Crippen LogP contribution < -0.4 is 5.73 Å². The average molecular weight is 565 g/mol. The molecular formula is C32H37ClN2O5. The number of methoxy groups -OCH3 is 2. The standard InChI is InChI=1S/C32H37ClN2O5/c1-38-16-4-3-14-31(37)29-26(12-13-27(33)28(29)25-7-5-6-23(18-25)20-39-2)32(31)21-35(15-17-40-32)30(36)24-10-8-22(19-34)9-11-24/h5-13,18,37H,3-4,14-17,19-21,34H2,1-2H3/t31-,32+/m1/s1. The highest BCUT2D eigenvalue weighted by Crippen LogP contribution is 2.62. The van der Waals surface area contributed by atoms with Gasteiger partial charge in [-0.15, -0.1) is 0 Å². The molecule has 1 spiro atoms. The average Bonchev–Trinajstić information content (AvgIpc) is 2.99. The quantitative estimate of drug-likeness (QED) is 0.337. The first-order valence-electron chi connectivity index (χ1n) is 13.7. The van der Waals surface area contributed by atoms with Crippen molar-refractivity contribution in [3.8, 4) is 11.1 Å². The Morgan fingerprint density at radius 1 is 1.07 bits per heavy atom. The summed E-state index contributed by atoms with van der Waals surface area (Å²) < 4.78 is 17.1. The van der Waals surface area contributed by atoms with Crippen LogP contribution in [0.4, 0.5) is 0 Å². The molecule has 0 saturated carbocycles. The van der Waals surface area contributed by atoms with Gasteiger partial charge in [-0.3, -0.25) is 4.79 Å². The zero-order valence-electron chi connectivity index (χ0n) is 23.1. The molecule has 5 rings (SSSR count). The summed E-state index contributed by atoms with van der Waals surface area (Å²) in [5.74, 6) is -0.0946. The third kappa shape index (κ3) is 4.96. The SMILES string of the molecule is COCCCC[C@@]1(O)c2c(ccc(Cl)c2-c2cccc(COC)c2)[C@@]12CN(C(=O)c1ccc(CN)cc1)CCO2. The summed E-state index contributed by atoms with van der Waals surface area (Å²) in [6, 6.07) is 19.2. The van der Waals surface area contributed by atoms with Crippen molar-refractivity contribution in [3.63, 3.8) is 0 Å². The number of unbranched alkanes of at least 4 members (excludes halogenated alkanes) is 1. The van der Waals surface area contributed by atoms with Crippen LogP contribution in [-0.2, 0) is 38.6 Å². The van der Waals surface area contributed by atoms with Crippen molar-refractivity contribution in [1.29, 1.82) is 0 Å². The van der Waals surface area contributed by atoms with Gasteiger partial charge in [0.2, 0.25) is 0 Å². The lowest BCUT2D eigenvalue weighted by atomic mass is 9.56. The van der Waals surface area contributed by atoms with Crippen molar-refractivity contribution < 1.29 is 24.1 Å². The highest BCUT2D eigenvalue weighted by Gasteiger charge is 2.66. The molecular weight excluding hydrogens is 528 g/mol. The van der Waals surface area contributed by atoms with Crippen molar-refractivity contribution in [2.45, 2.75) is 43.6 Å². The second kappa shape index (κ2) is 12.0. The van der Waals surface area contributed by atoms with Gasteiger partial charge in [0.05, 0.1) is 19.8 Å². The number of amides is 1. The number of nitrogens with zero attached hydrogens (tertiary/aromatic N) is 1. The maximum absolute atomic E-state index is 13.6. The Morgan fingerprint density at radius 2 is 1.88 bits per heavy atom. The zero-order valence-corrected chi connectivity index (χ0v) is 23.9. The van der Waals surface area contributed by atoms with E-state index in [1.54, 1.807) is 19.1 Å². The van der Waals surface area contributed by atoms with E-state index < -0.39 is 11.2 Å². The third-order valence-corrected chi connectivity index (χ3v) is 8.50. The minimum atomic E-state index is -1.35. The first-order valence-corrected chi connectivity index (χ1v) is 14.1. The summed E-state index contributed by atoms with van der Waals surface area (Å²) in [5, 5.41) is 13.2. The molecule has 1 saturated heterocycles. The number of hydrogen-bond acceptors (Lipinski definition) is 6. The summed E-state index contributed by atoms with van der Waals surface area (Å²) in [6.07, 6.45) is 1.96. The van der Waals surface area contributed by atoms with Crippen molar-refractivity contribution in [2.75, 3.05) is 40.5 Å². The molecule has 1 aliphatic carbocycles. The van der Waals surface area contributed by atoms with Gasteiger partial charge in [-0.1, -0.05) is 48.0 Å². The van der Waals surface area contributed by atoms with E-state index in [0.717, 1.165) is 46.2 Å². The monoisotopic (exact) mass is 564 g/mol. The molecule has 0 aromatic heterocycles. The molecule has 0 radical (unpaired) electrons. The molecule has 7 nitrogen and oxygen atoms in total. The van der Waals surface area contributed by atoms with Crippen LogP contribution in [-0.4, -0.2) is 56.4 Å². The Kier molecular flexibility index (Phi) is 8.61. The Hall–Kier alpha value is -2.78. The van der Waals surface area contributed by atoms with E-state index in [-0.39, 0.29) is 12.5 Å². The van der Waals surface area contributed by atoms with E-state index in [1.807, 2.05) is 60.7 Å². The van der Waals surface area contributed by atoms with Gasteiger partial charge in [0.15, 0.2) is 0 Å². The molecule has 3 aromatic rings. The van der Waals surface area contributed by atoms with Crippen LogP contribution in [0.5, 0.6) is 0 Å². The second-order valence-electron chi connectivity index (χ2n) is 10.6. The predicted octanol–water partition coefficient (Wildman–Crippen LogP) is 5.00. The van der Waals surface area contributed by atoms with Crippen LogP contribution >= 0.6 is 11.6 Å². The fraction of sp³-hybridized carbons (Fsp3) is 0.406. The van der Waals surface area contributed by atoms with Crippen molar-refractivity contribution >= 4 is 17.5 Å². The zero-order chi connectivity index (χ0) is 28.3. The van der Waals surface area contributed by atoms with Gasteiger partial charge >= 0.3 is 0 Å². The molecule has 0 bridgehead atoms. The summed E-state index contributed by atoms with van der Waals surface area (Å²) >= 11 is 6.84. The maximum Gasteiger partial charge on any atom is 0.254 e. The number of ether oxygens (including phenoxy) is 3. The van der Waals surface area contributed by atoms with Crippen molar-refractivity contribution in [1.82, 2.24) is 4.90 Å². The highest BCUT2D eigenvalue weighted by molar-refractivity contribution is 6.33. The summed E-state index contributed by atoms with van der Waals surface area (Å²) in [6.45, 7) is 2.48. The topological polar surface area (TPSA) is 94.2 Å². The number of carbonyl (C=O) groups excluding carboxylic acids is 1. The third-order valence-electron chi connectivity index (χ3n) is 8.18. The molecule has 1 aliphatic heterocycles. The molecule has 212 valence electrons. The van der Waals surface area contributed by atoms with Crippen LogP contribution in [0.1, 0.15) is 51.9 Å². The molecule has 2 aliphatic rings. The van der Waals surface area contributed by atoms with Gasteiger partial charge in [0.25, 0.3) is 5.91 Å². The Labute approximate surface area is 240 Å². The van der Waals surface area contributed by atoms with Crippen LogP contribution in [0.25, 0.3) is 11.1 Å². The molecule has 1 fully saturated rings. The number of halogens is 1. The van der Waals surface area contributed by atoms with Crippen LogP contribution in [0.3, 0.4) is 0 Å². The van der Waals surface area contributed by atoms with Crippen molar-refractivity contribution in [3.05, 3.63) is 93.5 Å². The van der Waals surface area contributed by atoms with E-state index in [0.29, 0.717) is 49.9 Å².